The molecule has 0 spiro atoms. The highest BCUT2D eigenvalue weighted by Crippen LogP contribution is 2.14. The molecule has 0 amide bonds. The maximum absolute atomic E-state index is 6.07. The number of methoxy groups -OCH3 is 1. The summed E-state index contributed by atoms with van der Waals surface area (Å²) in [6, 6.07) is 16.1. The molecule has 26 heavy (non-hydrogen) atoms. The van der Waals surface area contributed by atoms with Gasteiger partial charge in [-0.1, -0.05) is 35.9 Å². The summed E-state index contributed by atoms with van der Waals surface area (Å²) >= 11 is 11.6. The van der Waals surface area contributed by atoms with E-state index in [0.717, 1.165) is 55.2 Å². The van der Waals surface area contributed by atoms with Crippen LogP contribution >= 0.6 is 23.8 Å². The Balaban J connectivity index is 1.42. The zero-order chi connectivity index (χ0) is 18.4. The third-order valence-electron chi connectivity index (χ3n) is 4.56. The Morgan fingerprint density at radius 1 is 1.08 bits per heavy atom. The quantitative estimate of drug-likeness (QED) is 0.789. The highest BCUT2D eigenvalue weighted by Gasteiger charge is 2.18. The summed E-state index contributed by atoms with van der Waals surface area (Å²) in [5, 5.41) is 4.98. The van der Waals surface area contributed by atoms with Gasteiger partial charge in [0.2, 0.25) is 0 Å². The van der Waals surface area contributed by atoms with Gasteiger partial charge in [0.25, 0.3) is 0 Å². The zero-order valence-corrected chi connectivity index (χ0v) is 16.5. The Bertz CT molecular complexity index is 730. The highest BCUT2D eigenvalue weighted by atomic mass is 35.5. The second-order valence-corrected chi connectivity index (χ2v) is 7.22. The average Bonchev–Trinajstić information content (AvgIpc) is 2.67. The van der Waals surface area contributed by atoms with Gasteiger partial charge < -0.3 is 15.0 Å². The molecule has 6 heteroatoms. The maximum Gasteiger partial charge on any atom is 0.169 e. The first-order valence-corrected chi connectivity index (χ1v) is 9.55. The first-order valence-electron chi connectivity index (χ1n) is 8.76. The number of hydrogen-bond acceptors (Lipinski definition) is 3. The SMILES string of the molecule is COc1ccc(CNC(=S)N2CCN(Cc3cccc(Cl)c3)CC2)cc1. The molecule has 1 saturated heterocycles. The first kappa shape index (κ1) is 19.0. The largest absolute Gasteiger partial charge is 0.497 e. The van der Waals surface area contributed by atoms with Gasteiger partial charge in [0.05, 0.1) is 7.11 Å². The van der Waals surface area contributed by atoms with Crippen LogP contribution in [0.25, 0.3) is 0 Å². The molecular formula is C20H24ClN3OS. The topological polar surface area (TPSA) is 27.7 Å². The molecule has 1 aliphatic heterocycles. The lowest BCUT2D eigenvalue weighted by Gasteiger charge is -2.36. The van der Waals surface area contributed by atoms with E-state index in [2.05, 4.69) is 33.3 Å². The fourth-order valence-electron chi connectivity index (χ4n) is 3.04. The predicted octanol–water partition coefficient (Wildman–Crippen LogP) is 3.54. The van der Waals surface area contributed by atoms with Crippen molar-refractivity contribution in [2.24, 2.45) is 0 Å². The summed E-state index contributed by atoms with van der Waals surface area (Å²) in [5.41, 5.74) is 2.44. The fraction of sp³-hybridized carbons (Fsp3) is 0.350. The molecule has 1 heterocycles. The normalized spacial score (nSPS) is 14.9. The van der Waals surface area contributed by atoms with Gasteiger partial charge in [-0.3, -0.25) is 4.90 Å². The number of nitrogens with zero attached hydrogens (tertiary/aromatic N) is 2. The molecule has 4 nitrogen and oxygen atoms in total. The molecule has 1 aliphatic rings. The van der Waals surface area contributed by atoms with Crippen LogP contribution in [0.4, 0.5) is 0 Å². The van der Waals surface area contributed by atoms with Crippen LogP contribution in [0.2, 0.25) is 5.02 Å². The second kappa shape index (κ2) is 9.21. The third kappa shape index (κ3) is 5.34. The van der Waals surface area contributed by atoms with Gasteiger partial charge in [0, 0.05) is 44.3 Å². The minimum absolute atomic E-state index is 0.728. The summed E-state index contributed by atoms with van der Waals surface area (Å²) in [5.74, 6) is 0.868. The maximum atomic E-state index is 6.07. The molecular weight excluding hydrogens is 366 g/mol. The van der Waals surface area contributed by atoms with Crippen molar-refractivity contribution < 1.29 is 4.74 Å². The summed E-state index contributed by atoms with van der Waals surface area (Å²) in [7, 11) is 1.68. The van der Waals surface area contributed by atoms with Crippen molar-refractivity contribution in [2.45, 2.75) is 13.1 Å². The number of benzene rings is 2. The summed E-state index contributed by atoms with van der Waals surface area (Å²) < 4.78 is 5.18. The van der Waals surface area contributed by atoms with E-state index in [1.165, 1.54) is 11.1 Å². The third-order valence-corrected chi connectivity index (χ3v) is 5.20. The minimum atomic E-state index is 0.728. The lowest BCUT2D eigenvalue weighted by atomic mass is 10.2. The fourth-order valence-corrected chi connectivity index (χ4v) is 3.50. The minimum Gasteiger partial charge on any atom is -0.497 e. The Morgan fingerprint density at radius 3 is 2.46 bits per heavy atom. The van der Waals surface area contributed by atoms with E-state index in [4.69, 9.17) is 28.6 Å². The number of rotatable bonds is 5. The Hall–Kier alpha value is -1.82. The number of ether oxygens (including phenoxy) is 1. The summed E-state index contributed by atoms with van der Waals surface area (Å²) in [6.07, 6.45) is 0. The molecule has 0 bridgehead atoms. The van der Waals surface area contributed by atoms with E-state index in [-0.39, 0.29) is 0 Å². The zero-order valence-electron chi connectivity index (χ0n) is 15.0. The van der Waals surface area contributed by atoms with Crippen molar-refractivity contribution in [1.29, 1.82) is 0 Å². The van der Waals surface area contributed by atoms with Gasteiger partial charge in [-0.05, 0) is 47.6 Å². The highest BCUT2D eigenvalue weighted by molar-refractivity contribution is 7.80. The lowest BCUT2D eigenvalue weighted by Crippen LogP contribution is -2.51. The number of piperazine rings is 1. The Kier molecular flexibility index (Phi) is 6.72. The number of thiocarbonyl (C=S) groups is 1. The van der Waals surface area contributed by atoms with Crippen LogP contribution < -0.4 is 10.1 Å². The monoisotopic (exact) mass is 389 g/mol. The van der Waals surface area contributed by atoms with Crippen molar-refractivity contribution in [1.82, 2.24) is 15.1 Å². The number of nitrogens with one attached hydrogen (secondary N) is 1. The van der Waals surface area contributed by atoms with Crippen molar-refractivity contribution in [3.63, 3.8) is 0 Å². The predicted molar refractivity (Wildman–Crippen MR) is 111 cm³/mol. The van der Waals surface area contributed by atoms with Crippen LogP contribution in [0.1, 0.15) is 11.1 Å². The van der Waals surface area contributed by atoms with E-state index < -0.39 is 0 Å². The van der Waals surface area contributed by atoms with E-state index in [9.17, 15) is 0 Å². The Morgan fingerprint density at radius 2 is 1.81 bits per heavy atom. The van der Waals surface area contributed by atoms with E-state index in [0.29, 0.717) is 0 Å². The first-order chi connectivity index (χ1) is 12.6. The molecule has 1 fully saturated rings. The summed E-state index contributed by atoms with van der Waals surface area (Å²) in [4.78, 5) is 4.68. The molecule has 1 N–H and O–H groups in total. The lowest BCUT2D eigenvalue weighted by molar-refractivity contribution is 0.174. The molecule has 0 saturated carbocycles. The van der Waals surface area contributed by atoms with Crippen LogP contribution in [0.3, 0.4) is 0 Å². The molecule has 2 aromatic rings. The average molecular weight is 390 g/mol. The van der Waals surface area contributed by atoms with Gasteiger partial charge in [-0.15, -0.1) is 0 Å². The van der Waals surface area contributed by atoms with E-state index in [1.807, 2.05) is 30.3 Å². The summed E-state index contributed by atoms with van der Waals surface area (Å²) in [6.45, 7) is 5.53. The van der Waals surface area contributed by atoms with Crippen molar-refractivity contribution in [3.8, 4) is 5.75 Å². The van der Waals surface area contributed by atoms with E-state index in [1.54, 1.807) is 7.11 Å². The molecule has 0 radical (unpaired) electrons. The Labute approximate surface area is 165 Å². The molecule has 2 aromatic carbocycles. The van der Waals surface area contributed by atoms with Crippen LogP contribution in [0.15, 0.2) is 48.5 Å². The molecule has 0 atom stereocenters. The van der Waals surface area contributed by atoms with Gasteiger partial charge in [-0.25, -0.2) is 0 Å². The number of hydrogen-bond donors (Lipinski definition) is 1. The van der Waals surface area contributed by atoms with Gasteiger partial charge in [-0.2, -0.15) is 0 Å². The standard InChI is InChI=1S/C20H24ClN3OS/c1-25-19-7-5-16(6-8-19)14-22-20(26)24-11-9-23(10-12-24)15-17-3-2-4-18(21)13-17/h2-8,13H,9-12,14-15H2,1H3,(H,22,26). The van der Waals surface area contributed by atoms with Crippen LogP contribution in [-0.4, -0.2) is 48.2 Å². The molecule has 3 rings (SSSR count). The van der Waals surface area contributed by atoms with Crippen molar-refractivity contribution >= 4 is 28.9 Å². The molecule has 0 unspecified atom stereocenters. The smallest absolute Gasteiger partial charge is 0.169 e. The number of halogens is 1. The molecule has 0 aliphatic carbocycles. The van der Waals surface area contributed by atoms with Crippen LogP contribution in [-0.2, 0) is 13.1 Å². The van der Waals surface area contributed by atoms with Crippen LogP contribution in [0.5, 0.6) is 5.75 Å². The second-order valence-electron chi connectivity index (χ2n) is 6.40. The van der Waals surface area contributed by atoms with Gasteiger partial charge in [0.1, 0.15) is 5.75 Å². The van der Waals surface area contributed by atoms with Gasteiger partial charge in [0.15, 0.2) is 5.11 Å². The van der Waals surface area contributed by atoms with Crippen molar-refractivity contribution in [3.05, 3.63) is 64.7 Å². The van der Waals surface area contributed by atoms with Crippen LogP contribution in [0, 0.1) is 0 Å². The van der Waals surface area contributed by atoms with Crippen molar-refractivity contribution in [2.75, 3.05) is 33.3 Å². The van der Waals surface area contributed by atoms with Gasteiger partial charge >= 0.3 is 0 Å². The van der Waals surface area contributed by atoms with E-state index >= 15 is 0 Å². The molecule has 138 valence electrons. The molecule has 0 aromatic heterocycles.